The van der Waals surface area contributed by atoms with Gasteiger partial charge in [-0.1, -0.05) is 0 Å². The highest BCUT2D eigenvalue weighted by atomic mass is 16.5. The van der Waals surface area contributed by atoms with E-state index in [1.165, 1.54) is 0 Å². The Morgan fingerprint density at radius 2 is 2.11 bits per heavy atom. The summed E-state index contributed by atoms with van der Waals surface area (Å²) in [6, 6.07) is 1.80. The van der Waals surface area contributed by atoms with Crippen molar-refractivity contribution in [2.75, 3.05) is 6.61 Å². The molecular formula is C13H17N3O2. The molecular weight excluding hydrogens is 230 g/mol. The molecule has 0 amide bonds. The van der Waals surface area contributed by atoms with Crippen molar-refractivity contribution in [1.82, 2.24) is 14.5 Å². The Morgan fingerprint density at radius 3 is 2.83 bits per heavy atom. The van der Waals surface area contributed by atoms with Gasteiger partial charge in [0.25, 0.3) is 0 Å². The van der Waals surface area contributed by atoms with Crippen LogP contribution in [0.15, 0.2) is 31.0 Å². The van der Waals surface area contributed by atoms with Crippen LogP contribution in [-0.4, -0.2) is 26.2 Å². The summed E-state index contributed by atoms with van der Waals surface area (Å²) in [5.41, 5.74) is 1.46. The van der Waals surface area contributed by atoms with Crippen molar-refractivity contribution in [3.63, 3.8) is 0 Å². The van der Waals surface area contributed by atoms with Gasteiger partial charge in [-0.15, -0.1) is 0 Å². The molecule has 0 fully saturated rings. The van der Waals surface area contributed by atoms with E-state index in [0.717, 1.165) is 12.2 Å². The Morgan fingerprint density at radius 1 is 1.28 bits per heavy atom. The SMILES string of the molecule is CCOc1cncc(C(O)c2cncn2CC)c1. The Bertz CT molecular complexity index is 510. The van der Waals surface area contributed by atoms with Crippen LogP contribution in [0, 0.1) is 0 Å². The van der Waals surface area contributed by atoms with Crippen LogP contribution in [0.1, 0.15) is 31.2 Å². The Hall–Kier alpha value is -1.88. The van der Waals surface area contributed by atoms with Gasteiger partial charge in [0.05, 0.1) is 31.0 Å². The number of aliphatic hydroxyl groups is 1. The van der Waals surface area contributed by atoms with Crippen LogP contribution < -0.4 is 4.74 Å². The van der Waals surface area contributed by atoms with Gasteiger partial charge in [-0.2, -0.15) is 0 Å². The average molecular weight is 247 g/mol. The van der Waals surface area contributed by atoms with Crippen LogP contribution in [0.2, 0.25) is 0 Å². The lowest BCUT2D eigenvalue weighted by Crippen LogP contribution is -2.07. The number of hydrogen-bond donors (Lipinski definition) is 1. The van der Waals surface area contributed by atoms with Gasteiger partial charge in [0.2, 0.25) is 0 Å². The first-order chi connectivity index (χ1) is 8.76. The summed E-state index contributed by atoms with van der Waals surface area (Å²) in [4.78, 5) is 8.12. The summed E-state index contributed by atoms with van der Waals surface area (Å²) in [6.45, 7) is 5.26. The van der Waals surface area contributed by atoms with E-state index in [0.29, 0.717) is 17.9 Å². The smallest absolute Gasteiger partial charge is 0.137 e. The molecule has 96 valence electrons. The molecule has 1 N–H and O–H groups in total. The lowest BCUT2D eigenvalue weighted by molar-refractivity contribution is 0.209. The molecule has 1 atom stereocenters. The first-order valence-corrected chi connectivity index (χ1v) is 6.02. The van der Waals surface area contributed by atoms with Crippen molar-refractivity contribution < 1.29 is 9.84 Å². The Kier molecular flexibility index (Phi) is 3.94. The molecule has 0 bridgehead atoms. The van der Waals surface area contributed by atoms with E-state index in [4.69, 9.17) is 4.74 Å². The molecule has 2 aromatic heterocycles. The molecule has 2 rings (SSSR count). The van der Waals surface area contributed by atoms with Crippen molar-refractivity contribution in [3.8, 4) is 5.75 Å². The third-order valence-corrected chi connectivity index (χ3v) is 2.73. The van der Waals surface area contributed by atoms with Gasteiger partial charge in [-0.05, 0) is 19.9 Å². The summed E-state index contributed by atoms with van der Waals surface area (Å²) in [7, 11) is 0. The van der Waals surface area contributed by atoms with Crippen LogP contribution in [0.3, 0.4) is 0 Å². The van der Waals surface area contributed by atoms with E-state index in [9.17, 15) is 5.11 Å². The molecule has 0 saturated carbocycles. The number of aromatic nitrogens is 3. The number of rotatable bonds is 5. The highest BCUT2D eigenvalue weighted by molar-refractivity contribution is 5.29. The van der Waals surface area contributed by atoms with Crippen molar-refractivity contribution in [2.45, 2.75) is 26.5 Å². The van der Waals surface area contributed by atoms with Crippen molar-refractivity contribution in [1.29, 1.82) is 0 Å². The van der Waals surface area contributed by atoms with Gasteiger partial charge in [0.1, 0.15) is 11.9 Å². The van der Waals surface area contributed by atoms with Crippen LogP contribution >= 0.6 is 0 Å². The molecule has 0 radical (unpaired) electrons. The van der Waals surface area contributed by atoms with E-state index in [-0.39, 0.29) is 0 Å². The topological polar surface area (TPSA) is 60.2 Å². The summed E-state index contributed by atoms with van der Waals surface area (Å²) < 4.78 is 7.28. The molecule has 0 aliphatic rings. The number of pyridine rings is 1. The molecule has 2 heterocycles. The molecule has 5 nitrogen and oxygen atoms in total. The number of ether oxygens (including phenoxy) is 1. The zero-order valence-electron chi connectivity index (χ0n) is 10.6. The monoisotopic (exact) mass is 247 g/mol. The number of aliphatic hydroxyl groups excluding tert-OH is 1. The second kappa shape index (κ2) is 5.64. The second-order valence-electron chi connectivity index (χ2n) is 3.89. The van der Waals surface area contributed by atoms with E-state index >= 15 is 0 Å². The van der Waals surface area contributed by atoms with Gasteiger partial charge in [0, 0.05) is 18.3 Å². The van der Waals surface area contributed by atoms with Gasteiger partial charge in [-0.25, -0.2) is 4.98 Å². The quantitative estimate of drug-likeness (QED) is 0.875. The Balaban J connectivity index is 2.28. The molecule has 0 saturated heterocycles. The van der Waals surface area contributed by atoms with Crippen molar-refractivity contribution >= 4 is 0 Å². The van der Waals surface area contributed by atoms with E-state index in [1.54, 1.807) is 31.0 Å². The first-order valence-electron chi connectivity index (χ1n) is 6.02. The minimum atomic E-state index is -0.736. The van der Waals surface area contributed by atoms with E-state index in [1.807, 2.05) is 18.4 Å². The fourth-order valence-electron chi connectivity index (χ4n) is 1.82. The summed E-state index contributed by atoms with van der Waals surface area (Å²) in [5, 5.41) is 10.3. The third-order valence-electron chi connectivity index (χ3n) is 2.73. The van der Waals surface area contributed by atoms with Crippen molar-refractivity contribution in [2.24, 2.45) is 0 Å². The molecule has 1 unspecified atom stereocenters. The van der Waals surface area contributed by atoms with Gasteiger partial charge >= 0.3 is 0 Å². The average Bonchev–Trinajstić information content (AvgIpc) is 2.87. The molecule has 0 aliphatic carbocycles. The van der Waals surface area contributed by atoms with Gasteiger partial charge in [-0.3, -0.25) is 4.98 Å². The van der Waals surface area contributed by atoms with Crippen LogP contribution in [-0.2, 0) is 6.54 Å². The van der Waals surface area contributed by atoms with Crippen LogP contribution in [0.4, 0.5) is 0 Å². The minimum absolute atomic E-state index is 0.578. The van der Waals surface area contributed by atoms with E-state index < -0.39 is 6.10 Å². The number of nitrogens with zero attached hydrogens (tertiary/aromatic N) is 3. The largest absolute Gasteiger partial charge is 0.492 e. The highest BCUT2D eigenvalue weighted by Gasteiger charge is 2.15. The standard InChI is InChI=1S/C13H17N3O2/c1-3-16-9-15-8-12(16)13(17)10-5-11(18-4-2)7-14-6-10/h5-9,13,17H,3-4H2,1-2H3. The predicted molar refractivity (Wildman–Crippen MR) is 67.4 cm³/mol. The summed E-state index contributed by atoms with van der Waals surface area (Å²) in [6.07, 6.45) is 5.91. The highest BCUT2D eigenvalue weighted by Crippen LogP contribution is 2.23. The predicted octanol–water partition coefficient (Wildman–Crippen LogP) is 1.78. The molecule has 0 aromatic carbocycles. The van der Waals surface area contributed by atoms with Crippen LogP contribution in [0.25, 0.3) is 0 Å². The normalized spacial score (nSPS) is 12.4. The number of aryl methyl sites for hydroxylation is 1. The summed E-state index contributed by atoms with van der Waals surface area (Å²) >= 11 is 0. The molecule has 0 spiro atoms. The Labute approximate surface area is 106 Å². The zero-order valence-corrected chi connectivity index (χ0v) is 10.6. The molecule has 5 heteroatoms. The van der Waals surface area contributed by atoms with Crippen molar-refractivity contribution in [3.05, 3.63) is 42.2 Å². The molecule has 0 aliphatic heterocycles. The molecule has 18 heavy (non-hydrogen) atoms. The van der Waals surface area contributed by atoms with Gasteiger partial charge < -0.3 is 14.4 Å². The third kappa shape index (κ3) is 2.51. The van der Waals surface area contributed by atoms with Gasteiger partial charge in [0.15, 0.2) is 0 Å². The fourth-order valence-corrected chi connectivity index (χ4v) is 1.82. The number of hydrogen-bond acceptors (Lipinski definition) is 4. The molecule has 2 aromatic rings. The van der Waals surface area contributed by atoms with Crippen LogP contribution in [0.5, 0.6) is 5.75 Å². The zero-order chi connectivity index (χ0) is 13.0. The number of imidazole rings is 1. The van der Waals surface area contributed by atoms with E-state index in [2.05, 4.69) is 9.97 Å². The minimum Gasteiger partial charge on any atom is -0.492 e. The fraction of sp³-hybridized carbons (Fsp3) is 0.385. The maximum absolute atomic E-state index is 10.3. The summed E-state index contributed by atoms with van der Waals surface area (Å²) in [5.74, 6) is 0.664. The maximum Gasteiger partial charge on any atom is 0.137 e. The first kappa shape index (κ1) is 12.6. The lowest BCUT2D eigenvalue weighted by atomic mass is 10.1. The second-order valence-corrected chi connectivity index (χ2v) is 3.89. The lowest BCUT2D eigenvalue weighted by Gasteiger charge is -2.13. The maximum atomic E-state index is 10.3.